The van der Waals surface area contributed by atoms with Gasteiger partial charge in [0, 0.05) is 16.9 Å². The topological polar surface area (TPSA) is 48.1 Å². The number of aromatic amines is 1. The van der Waals surface area contributed by atoms with E-state index in [1.165, 1.54) is 0 Å². The molecule has 0 aliphatic carbocycles. The van der Waals surface area contributed by atoms with Crippen LogP contribution in [0.15, 0.2) is 35.1 Å². The quantitative estimate of drug-likeness (QED) is 0.850. The molecule has 20 heavy (non-hydrogen) atoms. The number of anilines is 1. The van der Waals surface area contributed by atoms with E-state index in [0.29, 0.717) is 5.69 Å². The van der Waals surface area contributed by atoms with E-state index in [9.17, 15) is 4.79 Å². The van der Waals surface area contributed by atoms with Crippen molar-refractivity contribution in [3.63, 3.8) is 0 Å². The van der Waals surface area contributed by atoms with E-state index in [1.54, 1.807) is 0 Å². The van der Waals surface area contributed by atoms with E-state index < -0.39 is 0 Å². The Balaban J connectivity index is 2.05. The van der Waals surface area contributed by atoms with Crippen LogP contribution in [0.3, 0.4) is 0 Å². The summed E-state index contributed by atoms with van der Waals surface area (Å²) in [5.74, 6) is 0. The highest BCUT2D eigenvalue weighted by molar-refractivity contribution is 5.81. The highest BCUT2D eigenvalue weighted by atomic mass is 16.1. The molecule has 4 nitrogen and oxygen atoms in total. The van der Waals surface area contributed by atoms with Gasteiger partial charge in [-0.05, 0) is 52.5 Å². The van der Waals surface area contributed by atoms with Crippen molar-refractivity contribution in [2.45, 2.75) is 25.8 Å². The van der Waals surface area contributed by atoms with Crippen LogP contribution in [0.25, 0.3) is 10.9 Å². The summed E-state index contributed by atoms with van der Waals surface area (Å²) in [4.78, 5) is 17.1. The van der Waals surface area contributed by atoms with Gasteiger partial charge in [-0.15, -0.1) is 0 Å². The molecule has 1 aromatic carbocycles. The molecular weight excluding hydrogens is 250 g/mol. The molecule has 2 N–H and O–H groups in total. The Labute approximate surface area is 119 Å². The van der Waals surface area contributed by atoms with E-state index in [-0.39, 0.29) is 11.6 Å². The van der Waals surface area contributed by atoms with Crippen LogP contribution in [0, 0.1) is 0 Å². The monoisotopic (exact) mass is 273 g/mol. The molecule has 0 saturated carbocycles. The van der Waals surface area contributed by atoms with Gasteiger partial charge in [0.05, 0.1) is 0 Å². The second-order valence-electron chi connectivity index (χ2n) is 5.59. The van der Waals surface area contributed by atoms with Crippen LogP contribution in [-0.4, -0.2) is 36.6 Å². The molecule has 4 heteroatoms. The predicted molar refractivity (Wildman–Crippen MR) is 85.4 cm³/mol. The van der Waals surface area contributed by atoms with Crippen LogP contribution in [0.2, 0.25) is 0 Å². The molecule has 0 spiro atoms. The molecule has 1 atom stereocenters. The number of para-hydroxylation sites is 1. The number of hydrogen-bond donors (Lipinski definition) is 2. The molecule has 1 unspecified atom stereocenters. The van der Waals surface area contributed by atoms with Crippen LogP contribution in [0.5, 0.6) is 0 Å². The number of benzene rings is 1. The zero-order valence-corrected chi connectivity index (χ0v) is 12.4. The number of nitrogens with one attached hydrogen (secondary N) is 2. The fraction of sp³-hybridized carbons (Fsp3) is 0.438. The van der Waals surface area contributed by atoms with Gasteiger partial charge in [-0.25, -0.2) is 0 Å². The van der Waals surface area contributed by atoms with Gasteiger partial charge in [0.2, 0.25) is 0 Å². The minimum Gasteiger partial charge on any atom is -0.378 e. The number of H-pyrrole nitrogens is 1. The number of pyridine rings is 1. The van der Waals surface area contributed by atoms with E-state index in [1.807, 2.05) is 30.3 Å². The van der Waals surface area contributed by atoms with Gasteiger partial charge < -0.3 is 15.2 Å². The molecule has 0 aliphatic heterocycles. The molecule has 108 valence electrons. The molecule has 0 aliphatic rings. The lowest BCUT2D eigenvalue weighted by atomic mass is 10.1. The summed E-state index contributed by atoms with van der Waals surface area (Å²) in [5.41, 5.74) is 1.48. The number of rotatable bonds is 6. The average molecular weight is 273 g/mol. The molecule has 0 bridgehead atoms. The molecule has 2 rings (SSSR count). The van der Waals surface area contributed by atoms with Crippen molar-refractivity contribution in [3.8, 4) is 0 Å². The molecule has 0 radical (unpaired) electrons. The highest BCUT2D eigenvalue weighted by Gasteiger charge is 2.07. The molecule has 1 heterocycles. The van der Waals surface area contributed by atoms with Gasteiger partial charge in [0.1, 0.15) is 5.69 Å². The first-order valence-corrected chi connectivity index (χ1v) is 7.09. The van der Waals surface area contributed by atoms with Crippen LogP contribution in [0.1, 0.15) is 19.8 Å². The first-order chi connectivity index (χ1) is 9.56. The number of nitrogens with zero attached hydrogens (tertiary/aromatic N) is 1. The van der Waals surface area contributed by atoms with E-state index in [2.05, 4.69) is 36.2 Å². The highest BCUT2D eigenvalue weighted by Crippen LogP contribution is 2.14. The SMILES string of the molecule is CC(CCCN(C)C)Nc1cc2ccccc2[nH]c1=O. The Morgan fingerprint density at radius 1 is 1.30 bits per heavy atom. The summed E-state index contributed by atoms with van der Waals surface area (Å²) < 4.78 is 0. The summed E-state index contributed by atoms with van der Waals surface area (Å²) in [5, 5.41) is 4.36. The number of fused-ring (bicyclic) bond motifs is 1. The second-order valence-corrected chi connectivity index (χ2v) is 5.59. The maximum atomic E-state index is 12.0. The van der Waals surface area contributed by atoms with Crippen molar-refractivity contribution in [2.24, 2.45) is 0 Å². The van der Waals surface area contributed by atoms with Gasteiger partial charge in [-0.3, -0.25) is 4.79 Å². The number of hydrogen-bond acceptors (Lipinski definition) is 3. The maximum absolute atomic E-state index is 12.0. The summed E-state index contributed by atoms with van der Waals surface area (Å²) in [7, 11) is 4.15. The molecule has 0 fully saturated rings. The lowest BCUT2D eigenvalue weighted by molar-refractivity contribution is 0.390. The first kappa shape index (κ1) is 14.6. The predicted octanol–water partition coefficient (Wildman–Crippen LogP) is 2.67. The van der Waals surface area contributed by atoms with Crippen molar-refractivity contribution < 1.29 is 0 Å². The molecule has 2 aromatic rings. The summed E-state index contributed by atoms with van der Waals surface area (Å²) in [6.45, 7) is 3.18. The minimum absolute atomic E-state index is 0.0526. The standard InChI is InChI=1S/C16H23N3O/c1-12(7-6-10-19(2)3)17-15-11-13-8-4-5-9-14(13)18-16(15)20/h4-5,8-9,11-12,17H,6-7,10H2,1-3H3,(H,18,20). The Kier molecular flexibility index (Phi) is 4.79. The second kappa shape index (κ2) is 6.57. The van der Waals surface area contributed by atoms with Crippen molar-refractivity contribution in [2.75, 3.05) is 26.0 Å². The number of aromatic nitrogens is 1. The van der Waals surface area contributed by atoms with Gasteiger partial charge in [-0.2, -0.15) is 0 Å². The van der Waals surface area contributed by atoms with Crippen molar-refractivity contribution in [3.05, 3.63) is 40.7 Å². The van der Waals surface area contributed by atoms with E-state index in [0.717, 1.165) is 30.3 Å². The first-order valence-electron chi connectivity index (χ1n) is 7.09. The zero-order chi connectivity index (χ0) is 14.5. The van der Waals surface area contributed by atoms with Gasteiger partial charge in [-0.1, -0.05) is 18.2 Å². The zero-order valence-electron chi connectivity index (χ0n) is 12.4. The largest absolute Gasteiger partial charge is 0.378 e. The van der Waals surface area contributed by atoms with Gasteiger partial charge in [0.25, 0.3) is 5.56 Å². The third kappa shape index (κ3) is 3.84. The van der Waals surface area contributed by atoms with Crippen molar-refractivity contribution in [1.82, 2.24) is 9.88 Å². The molecule has 0 saturated heterocycles. The van der Waals surface area contributed by atoms with Crippen LogP contribution >= 0.6 is 0 Å². The van der Waals surface area contributed by atoms with Gasteiger partial charge in [0.15, 0.2) is 0 Å². The van der Waals surface area contributed by atoms with Crippen molar-refractivity contribution >= 4 is 16.6 Å². The van der Waals surface area contributed by atoms with Crippen molar-refractivity contribution in [1.29, 1.82) is 0 Å². The van der Waals surface area contributed by atoms with Gasteiger partial charge >= 0.3 is 0 Å². The summed E-state index contributed by atoms with van der Waals surface area (Å²) in [6.07, 6.45) is 2.16. The lowest BCUT2D eigenvalue weighted by Crippen LogP contribution is -2.23. The van der Waals surface area contributed by atoms with E-state index >= 15 is 0 Å². The van der Waals surface area contributed by atoms with Crippen LogP contribution in [-0.2, 0) is 0 Å². The lowest BCUT2D eigenvalue weighted by Gasteiger charge is -2.16. The fourth-order valence-electron chi connectivity index (χ4n) is 2.31. The Morgan fingerprint density at radius 3 is 2.80 bits per heavy atom. The summed E-state index contributed by atoms with van der Waals surface area (Å²) in [6, 6.07) is 10.0. The Hall–Kier alpha value is -1.81. The van der Waals surface area contributed by atoms with Crippen LogP contribution in [0.4, 0.5) is 5.69 Å². The summed E-state index contributed by atoms with van der Waals surface area (Å²) >= 11 is 0. The normalized spacial score (nSPS) is 12.8. The molecular formula is C16H23N3O. The molecule has 0 amide bonds. The third-order valence-electron chi connectivity index (χ3n) is 3.40. The smallest absolute Gasteiger partial charge is 0.271 e. The molecule has 1 aromatic heterocycles. The average Bonchev–Trinajstić information content (AvgIpc) is 2.39. The Bertz CT molecular complexity index is 618. The maximum Gasteiger partial charge on any atom is 0.271 e. The van der Waals surface area contributed by atoms with Crippen LogP contribution < -0.4 is 10.9 Å². The minimum atomic E-state index is -0.0526. The fourth-order valence-corrected chi connectivity index (χ4v) is 2.31. The van der Waals surface area contributed by atoms with E-state index in [4.69, 9.17) is 0 Å². The third-order valence-corrected chi connectivity index (χ3v) is 3.40. The Morgan fingerprint density at radius 2 is 2.05 bits per heavy atom.